The van der Waals surface area contributed by atoms with Crippen LogP contribution in [0.3, 0.4) is 0 Å². The van der Waals surface area contributed by atoms with Crippen LogP contribution in [-0.4, -0.2) is 16.3 Å². The van der Waals surface area contributed by atoms with Crippen LogP contribution in [0.15, 0.2) is 42.2 Å². The maximum absolute atomic E-state index is 6.58. The molecule has 1 aromatic carbocycles. The second-order valence-electron chi connectivity index (χ2n) is 6.59. The quantitative estimate of drug-likeness (QED) is 0.809. The molecule has 0 saturated carbocycles. The standard InChI is InChI=1S/C20H22ClN3/c1-3-13(2)4-6-15-16-12-22-10-8-14-5-7-17(21)20(19(14)16)24-18(15)9-11-23-24/h4-5,7,9,11-12,15,22H,3,6,8,10H2,1-2H3/b13-4-. The molecule has 2 aromatic rings. The average Bonchev–Trinajstić information content (AvgIpc) is 2.97. The third-order valence-corrected chi connectivity index (χ3v) is 5.48. The lowest BCUT2D eigenvalue weighted by Crippen LogP contribution is -2.19. The highest BCUT2D eigenvalue weighted by Gasteiger charge is 2.33. The fourth-order valence-electron chi connectivity index (χ4n) is 3.72. The predicted octanol–water partition coefficient (Wildman–Crippen LogP) is 4.86. The van der Waals surface area contributed by atoms with Crippen molar-refractivity contribution in [2.45, 2.75) is 39.0 Å². The Hall–Kier alpha value is -2.00. The summed E-state index contributed by atoms with van der Waals surface area (Å²) in [6.45, 7) is 5.36. The topological polar surface area (TPSA) is 29.9 Å². The van der Waals surface area contributed by atoms with E-state index in [0.29, 0.717) is 5.92 Å². The number of hydrogen-bond donors (Lipinski definition) is 1. The van der Waals surface area contributed by atoms with Gasteiger partial charge in [0.2, 0.25) is 0 Å². The Bertz CT molecular complexity index is 845. The van der Waals surface area contributed by atoms with Gasteiger partial charge in [-0.2, -0.15) is 5.10 Å². The normalized spacial score (nSPS) is 19.0. The van der Waals surface area contributed by atoms with Crippen molar-refractivity contribution in [3.8, 4) is 5.69 Å². The van der Waals surface area contributed by atoms with Gasteiger partial charge in [0.05, 0.1) is 16.4 Å². The van der Waals surface area contributed by atoms with Gasteiger partial charge in [-0.15, -0.1) is 0 Å². The van der Waals surface area contributed by atoms with E-state index < -0.39 is 0 Å². The lowest BCUT2D eigenvalue weighted by Gasteiger charge is -2.30. The van der Waals surface area contributed by atoms with Crippen molar-refractivity contribution < 1.29 is 0 Å². The molecule has 0 radical (unpaired) electrons. The molecule has 1 N–H and O–H groups in total. The summed E-state index contributed by atoms with van der Waals surface area (Å²) in [5.41, 5.74) is 7.66. The average molecular weight is 340 g/mol. The van der Waals surface area contributed by atoms with Crippen molar-refractivity contribution >= 4 is 17.2 Å². The van der Waals surface area contributed by atoms with Gasteiger partial charge in [0.15, 0.2) is 0 Å². The number of fused-ring (bicyclic) bond motifs is 2. The molecule has 1 aromatic heterocycles. The summed E-state index contributed by atoms with van der Waals surface area (Å²) in [5, 5.41) is 8.83. The molecule has 0 amide bonds. The van der Waals surface area contributed by atoms with Crippen molar-refractivity contribution in [2.75, 3.05) is 6.54 Å². The van der Waals surface area contributed by atoms with E-state index in [1.165, 1.54) is 28.0 Å². The van der Waals surface area contributed by atoms with E-state index in [4.69, 9.17) is 11.6 Å². The highest BCUT2D eigenvalue weighted by atomic mass is 35.5. The summed E-state index contributed by atoms with van der Waals surface area (Å²) in [6, 6.07) is 6.30. The molecule has 1 unspecified atom stereocenters. The number of nitrogens with one attached hydrogen (secondary N) is 1. The smallest absolute Gasteiger partial charge is 0.0913 e. The molecule has 2 aliphatic rings. The molecule has 4 rings (SSSR count). The molecule has 1 atom stereocenters. The summed E-state index contributed by atoms with van der Waals surface area (Å²) in [4.78, 5) is 0. The van der Waals surface area contributed by atoms with E-state index in [-0.39, 0.29) is 0 Å². The Morgan fingerprint density at radius 3 is 3.12 bits per heavy atom. The van der Waals surface area contributed by atoms with Crippen LogP contribution in [0.25, 0.3) is 11.3 Å². The number of allylic oxidation sites excluding steroid dienone is 3. The van der Waals surface area contributed by atoms with Crippen LogP contribution in [0.5, 0.6) is 0 Å². The minimum atomic E-state index is 0.310. The van der Waals surface area contributed by atoms with E-state index in [1.807, 2.05) is 16.9 Å². The summed E-state index contributed by atoms with van der Waals surface area (Å²) in [6.07, 6.45) is 9.53. The van der Waals surface area contributed by atoms with Crippen molar-refractivity contribution in [3.63, 3.8) is 0 Å². The lowest BCUT2D eigenvalue weighted by molar-refractivity contribution is 0.721. The largest absolute Gasteiger partial charge is 0.390 e. The fourth-order valence-corrected chi connectivity index (χ4v) is 3.95. The fraction of sp³-hybridized carbons (Fsp3) is 0.350. The monoisotopic (exact) mass is 339 g/mol. The second kappa shape index (κ2) is 6.14. The molecule has 0 bridgehead atoms. The Morgan fingerprint density at radius 1 is 1.42 bits per heavy atom. The lowest BCUT2D eigenvalue weighted by atomic mass is 9.81. The summed E-state index contributed by atoms with van der Waals surface area (Å²) in [7, 11) is 0. The first-order valence-corrected chi connectivity index (χ1v) is 9.03. The Kier molecular flexibility index (Phi) is 3.97. The Morgan fingerprint density at radius 2 is 2.29 bits per heavy atom. The molecule has 2 aliphatic heterocycles. The van der Waals surface area contributed by atoms with Crippen LogP contribution < -0.4 is 5.32 Å². The van der Waals surface area contributed by atoms with Crippen molar-refractivity contribution in [1.82, 2.24) is 15.1 Å². The van der Waals surface area contributed by atoms with Crippen molar-refractivity contribution in [2.24, 2.45) is 0 Å². The van der Waals surface area contributed by atoms with Gasteiger partial charge in [-0.1, -0.05) is 36.2 Å². The van der Waals surface area contributed by atoms with Crippen molar-refractivity contribution in [1.29, 1.82) is 0 Å². The minimum absolute atomic E-state index is 0.310. The molecule has 124 valence electrons. The predicted molar refractivity (Wildman–Crippen MR) is 99.7 cm³/mol. The van der Waals surface area contributed by atoms with Gasteiger partial charge in [-0.25, -0.2) is 4.68 Å². The zero-order valence-corrected chi connectivity index (χ0v) is 14.9. The van der Waals surface area contributed by atoms with E-state index >= 15 is 0 Å². The number of hydrogen-bond acceptors (Lipinski definition) is 2. The molecule has 0 aliphatic carbocycles. The van der Waals surface area contributed by atoms with Gasteiger partial charge in [0, 0.05) is 30.4 Å². The van der Waals surface area contributed by atoms with Crippen molar-refractivity contribution in [3.05, 3.63) is 64.1 Å². The van der Waals surface area contributed by atoms with Crippen LogP contribution in [0.4, 0.5) is 0 Å². The molecule has 0 spiro atoms. The molecular formula is C20H22ClN3. The Balaban J connectivity index is 1.93. The van der Waals surface area contributed by atoms with Gasteiger partial charge in [-0.3, -0.25) is 0 Å². The van der Waals surface area contributed by atoms with Gasteiger partial charge in [-0.05, 0) is 49.5 Å². The minimum Gasteiger partial charge on any atom is -0.390 e. The molecule has 3 nitrogen and oxygen atoms in total. The van der Waals surface area contributed by atoms with Gasteiger partial charge < -0.3 is 5.32 Å². The maximum Gasteiger partial charge on any atom is 0.0913 e. The molecular weight excluding hydrogens is 318 g/mol. The van der Waals surface area contributed by atoms with E-state index in [1.54, 1.807) is 0 Å². The first-order chi connectivity index (χ1) is 11.7. The number of nitrogens with zero attached hydrogens (tertiary/aromatic N) is 2. The molecule has 0 saturated heterocycles. The highest BCUT2D eigenvalue weighted by molar-refractivity contribution is 6.33. The summed E-state index contributed by atoms with van der Waals surface area (Å²) >= 11 is 6.58. The third kappa shape index (κ3) is 2.39. The van der Waals surface area contributed by atoms with E-state index in [2.05, 4.69) is 48.7 Å². The number of aromatic nitrogens is 2. The summed E-state index contributed by atoms with van der Waals surface area (Å²) < 4.78 is 2.05. The summed E-state index contributed by atoms with van der Waals surface area (Å²) in [5.74, 6) is 0.310. The van der Waals surface area contributed by atoms with Crippen LogP contribution in [-0.2, 0) is 6.42 Å². The second-order valence-corrected chi connectivity index (χ2v) is 7.00. The van der Waals surface area contributed by atoms with E-state index in [0.717, 1.165) is 36.5 Å². The van der Waals surface area contributed by atoms with Gasteiger partial charge in [0.1, 0.15) is 0 Å². The highest BCUT2D eigenvalue weighted by Crippen LogP contribution is 2.46. The zero-order valence-electron chi connectivity index (χ0n) is 14.1. The molecule has 4 heteroatoms. The molecule has 0 fully saturated rings. The Labute approximate surface area is 148 Å². The number of rotatable bonds is 3. The van der Waals surface area contributed by atoms with E-state index in [9.17, 15) is 0 Å². The first kappa shape index (κ1) is 15.5. The molecule has 24 heavy (non-hydrogen) atoms. The van der Waals surface area contributed by atoms with Crippen LogP contribution in [0, 0.1) is 0 Å². The molecule has 3 heterocycles. The van der Waals surface area contributed by atoms with Crippen LogP contribution in [0.2, 0.25) is 5.02 Å². The first-order valence-electron chi connectivity index (χ1n) is 8.65. The van der Waals surface area contributed by atoms with Gasteiger partial charge in [0.25, 0.3) is 0 Å². The number of benzene rings is 1. The maximum atomic E-state index is 6.58. The van der Waals surface area contributed by atoms with Crippen LogP contribution in [0.1, 0.15) is 49.4 Å². The zero-order chi connectivity index (χ0) is 16.7. The third-order valence-electron chi connectivity index (χ3n) is 5.18. The SMILES string of the molecule is CC/C(C)=C\CC1C2=CNCCc3ccc(Cl)c(c32)-n2nccc21. The van der Waals surface area contributed by atoms with Crippen LogP contribution >= 0.6 is 11.6 Å². The van der Waals surface area contributed by atoms with Gasteiger partial charge >= 0.3 is 0 Å². The number of halogens is 1.